The Hall–Kier alpha value is -1.85. The summed E-state index contributed by atoms with van der Waals surface area (Å²) in [5.41, 5.74) is -1.07. The molecule has 6 nitrogen and oxygen atoms in total. The molecule has 6 heteroatoms. The summed E-state index contributed by atoms with van der Waals surface area (Å²) >= 11 is 0. The van der Waals surface area contributed by atoms with Crippen molar-refractivity contribution in [2.45, 2.75) is 57.5 Å². The van der Waals surface area contributed by atoms with Gasteiger partial charge in [-0.2, -0.15) is 0 Å². The third-order valence-electron chi connectivity index (χ3n) is 3.99. The number of hydrogen-bond donors (Lipinski definition) is 2. The molecule has 110 valence electrons. The maximum atomic E-state index is 12.3. The maximum Gasteiger partial charge on any atom is 0.329 e. The van der Waals surface area contributed by atoms with Crippen LogP contribution in [0.4, 0.5) is 0 Å². The van der Waals surface area contributed by atoms with Gasteiger partial charge in [0.1, 0.15) is 17.4 Å². The minimum absolute atomic E-state index is 0.206. The topological polar surface area (TPSA) is 84.2 Å². The highest BCUT2D eigenvalue weighted by Crippen LogP contribution is 2.32. The van der Waals surface area contributed by atoms with Gasteiger partial charge in [-0.3, -0.25) is 4.79 Å². The van der Waals surface area contributed by atoms with E-state index in [1.165, 1.54) is 0 Å². The van der Waals surface area contributed by atoms with Crippen molar-refractivity contribution in [3.05, 3.63) is 18.2 Å². The Labute approximate surface area is 118 Å². The van der Waals surface area contributed by atoms with Gasteiger partial charge in [0.05, 0.1) is 0 Å². The fourth-order valence-electron chi connectivity index (χ4n) is 2.49. The molecule has 0 saturated heterocycles. The minimum Gasteiger partial charge on any atom is -0.480 e. The smallest absolute Gasteiger partial charge is 0.329 e. The Bertz CT molecular complexity index is 517. The van der Waals surface area contributed by atoms with Crippen LogP contribution in [0.5, 0.6) is 0 Å². The molecular formula is C14H21N3O3. The van der Waals surface area contributed by atoms with Crippen molar-refractivity contribution in [3.8, 4) is 0 Å². The number of carbonyl (C=O) groups is 2. The number of hydrogen-bond acceptors (Lipinski definition) is 3. The number of carboxylic acids is 1. The molecule has 0 aromatic carbocycles. The molecule has 20 heavy (non-hydrogen) atoms. The molecule has 1 saturated carbocycles. The summed E-state index contributed by atoms with van der Waals surface area (Å²) in [5.74, 6) is -0.186. The average Bonchev–Trinajstić information content (AvgIpc) is 2.81. The summed E-state index contributed by atoms with van der Waals surface area (Å²) in [5, 5.41) is 12.0. The van der Waals surface area contributed by atoms with Crippen molar-refractivity contribution in [1.29, 1.82) is 0 Å². The number of amides is 1. The lowest BCUT2D eigenvalue weighted by molar-refractivity contribution is -0.152. The highest BCUT2D eigenvalue weighted by atomic mass is 16.4. The van der Waals surface area contributed by atoms with E-state index in [2.05, 4.69) is 10.3 Å². The molecule has 1 aliphatic rings. The SMILES string of the molecule is CC(C)c1nccn1C(C)C(=O)NC1(C(=O)O)CCC1. The van der Waals surface area contributed by atoms with E-state index in [1.54, 1.807) is 23.9 Å². The van der Waals surface area contributed by atoms with Gasteiger partial charge in [0.25, 0.3) is 0 Å². The van der Waals surface area contributed by atoms with Crippen molar-refractivity contribution >= 4 is 11.9 Å². The molecule has 1 aliphatic carbocycles. The first-order valence-corrected chi connectivity index (χ1v) is 6.95. The predicted molar refractivity (Wildman–Crippen MR) is 73.4 cm³/mol. The van der Waals surface area contributed by atoms with Crippen LogP contribution in [0.1, 0.15) is 57.8 Å². The third kappa shape index (κ3) is 2.42. The molecular weight excluding hydrogens is 258 g/mol. The van der Waals surface area contributed by atoms with Crippen LogP contribution < -0.4 is 5.32 Å². The number of rotatable bonds is 5. The molecule has 1 atom stereocenters. The lowest BCUT2D eigenvalue weighted by Crippen LogP contribution is -2.60. The van der Waals surface area contributed by atoms with E-state index in [0.29, 0.717) is 12.8 Å². The molecule has 1 amide bonds. The maximum absolute atomic E-state index is 12.3. The summed E-state index contributed by atoms with van der Waals surface area (Å²) < 4.78 is 1.80. The number of nitrogens with zero attached hydrogens (tertiary/aromatic N) is 2. The number of nitrogens with one attached hydrogen (secondary N) is 1. The van der Waals surface area contributed by atoms with Gasteiger partial charge in [0, 0.05) is 18.3 Å². The van der Waals surface area contributed by atoms with Crippen molar-refractivity contribution in [2.24, 2.45) is 0 Å². The number of carboxylic acid groups (broad SMARTS) is 1. The van der Waals surface area contributed by atoms with E-state index >= 15 is 0 Å². The summed E-state index contributed by atoms with van der Waals surface area (Å²) in [6.45, 7) is 5.78. The first-order valence-electron chi connectivity index (χ1n) is 6.95. The highest BCUT2D eigenvalue weighted by molar-refractivity contribution is 5.89. The van der Waals surface area contributed by atoms with Gasteiger partial charge in [-0.25, -0.2) is 9.78 Å². The molecule has 0 bridgehead atoms. The Balaban J connectivity index is 2.13. The Kier molecular flexibility index (Phi) is 3.83. The molecule has 1 aromatic heterocycles. The first kappa shape index (κ1) is 14.6. The second-order valence-corrected chi connectivity index (χ2v) is 5.75. The van der Waals surface area contributed by atoms with E-state index in [9.17, 15) is 14.7 Å². The van der Waals surface area contributed by atoms with Crippen LogP contribution in [0.3, 0.4) is 0 Å². The molecule has 2 N–H and O–H groups in total. The van der Waals surface area contributed by atoms with E-state index in [0.717, 1.165) is 12.2 Å². The van der Waals surface area contributed by atoms with Crippen LogP contribution in [-0.4, -0.2) is 32.1 Å². The van der Waals surface area contributed by atoms with Crippen molar-refractivity contribution in [2.75, 3.05) is 0 Å². The Morgan fingerprint density at radius 2 is 2.05 bits per heavy atom. The molecule has 0 radical (unpaired) electrons. The van der Waals surface area contributed by atoms with Crippen molar-refractivity contribution in [3.63, 3.8) is 0 Å². The van der Waals surface area contributed by atoms with Gasteiger partial charge in [-0.15, -0.1) is 0 Å². The summed E-state index contributed by atoms with van der Waals surface area (Å²) in [4.78, 5) is 27.8. The van der Waals surface area contributed by atoms with Crippen molar-refractivity contribution < 1.29 is 14.7 Å². The van der Waals surface area contributed by atoms with Gasteiger partial charge in [0.2, 0.25) is 5.91 Å². The molecule has 1 aromatic rings. The Morgan fingerprint density at radius 3 is 2.50 bits per heavy atom. The van der Waals surface area contributed by atoms with E-state index < -0.39 is 17.6 Å². The zero-order chi connectivity index (χ0) is 14.9. The third-order valence-corrected chi connectivity index (χ3v) is 3.99. The van der Waals surface area contributed by atoms with Gasteiger partial charge in [-0.05, 0) is 26.2 Å². The molecule has 1 heterocycles. The van der Waals surface area contributed by atoms with Crippen LogP contribution in [-0.2, 0) is 9.59 Å². The van der Waals surface area contributed by atoms with Gasteiger partial charge in [-0.1, -0.05) is 13.8 Å². The molecule has 1 unspecified atom stereocenters. The van der Waals surface area contributed by atoms with Crippen LogP contribution in [0, 0.1) is 0 Å². The van der Waals surface area contributed by atoms with Crippen LogP contribution >= 0.6 is 0 Å². The molecule has 0 aliphatic heterocycles. The largest absolute Gasteiger partial charge is 0.480 e. The lowest BCUT2D eigenvalue weighted by atomic mass is 9.76. The number of carbonyl (C=O) groups excluding carboxylic acids is 1. The van der Waals surface area contributed by atoms with Crippen LogP contribution in [0.25, 0.3) is 0 Å². The molecule has 0 spiro atoms. The second-order valence-electron chi connectivity index (χ2n) is 5.75. The monoisotopic (exact) mass is 279 g/mol. The van der Waals surface area contributed by atoms with Crippen LogP contribution in [0.2, 0.25) is 0 Å². The normalized spacial score (nSPS) is 18.4. The molecule has 2 rings (SSSR count). The molecule has 1 fully saturated rings. The fraction of sp³-hybridized carbons (Fsp3) is 0.643. The zero-order valence-corrected chi connectivity index (χ0v) is 12.1. The summed E-state index contributed by atoms with van der Waals surface area (Å²) in [6, 6.07) is -0.466. The number of aromatic nitrogens is 2. The van der Waals surface area contributed by atoms with Crippen molar-refractivity contribution in [1.82, 2.24) is 14.9 Å². The van der Waals surface area contributed by atoms with Gasteiger partial charge >= 0.3 is 5.97 Å². The first-order chi connectivity index (χ1) is 9.37. The van der Waals surface area contributed by atoms with E-state index in [-0.39, 0.29) is 11.8 Å². The summed E-state index contributed by atoms with van der Waals surface area (Å²) in [7, 11) is 0. The van der Waals surface area contributed by atoms with Gasteiger partial charge in [0.15, 0.2) is 0 Å². The average molecular weight is 279 g/mol. The van der Waals surface area contributed by atoms with Gasteiger partial charge < -0.3 is 15.0 Å². The predicted octanol–water partition coefficient (Wildman–Crippen LogP) is 1.69. The van der Waals surface area contributed by atoms with E-state index in [4.69, 9.17) is 0 Å². The number of aliphatic carboxylic acids is 1. The second kappa shape index (κ2) is 5.26. The fourth-order valence-corrected chi connectivity index (χ4v) is 2.49. The van der Waals surface area contributed by atoms with Crippen LogP contribution in [0.15, 0.2) is 12.4 Å². The quantitative estimate of drug-likeness (QED) is 0.859. The minimum atomic E-state index is -1.07. The summed E-state index contributed by atoms with van der Waals surface area (Å²) in [6.07, 6.45) is 5.26. The number of imidazole rings is 1. The Morgan fingerprint density at radius 1 is 1.40 bits per heavy atom. The lowest BCUT2D eigenvalue weighted by Gasteiger charge is -2.39. The zero-order valence-electron chi connectivity index (χ0n) is 12.1. The van der Waals surface area contributed by atoms with E-state index in [1.807, 2.05) is 13.8 Å². The standard InChI is InChI=1S/C14H21N3O3/c1-9(2)11-15-7-8-17(11)10(3)12(18)16-14(13(19)20)5-4-6-14/h7-10H,4-6H2,1-3H3,(H,16,18)(H,19,20). The highest BCUT2D eigenvalue weighted by Gasteiger charge is 2.46.